The molecule has 2 saturated carbocycles. The predicted octanol–water partition coefficient (Wildman–Crippen LogP) is 1.88. The molecule has 0 unspecified atom stereocenters. The van der Waals surface area contributed by atoms with Gasteiger partial charge in [0.15, 0.2) is 0 Å². The highest BCUT2D eigenvalue weighted by atomic mass is 16.5. The Bertz CT molecular complexity index is 607. The molecule has 6 nitrogen and oxygen atoms in total. The van der Waals surface area contributed by atoms with Crippen molar-refractivity contribution >= 4 is 11.9 Å². The number of amides is 1. The number of carboxylic acids is 1. The van der Waals surface area contributed by atoms with Gasteiger partial charge < -0.3 is 14.5 Å². The molecule has 2 heterocycles. The Morgan fingerprint density at radius 2 is 2.19 bits per heavy atom. The van der Waals surface area contributed by atoms with Crippen LogP contribution >= 0.6 is 0 Å². The van der Waals surface area contributed by atoms with E-state index in [1.807, 2.05) is 0 Å². The molecular formula is C15H18N2O4. The summed E-state index contributed by atoms with van der Waals surface area (Å²) < 4.78 is 4.98. The molecule has 2 atom stereocenters. The molecule has 0 spiro atoms. The number of hydrogen-bond donors (Lipinski definition) is 1. The molecule has 4 rings (SSSR count). The van der Waals surface area contributed by atoms with E-state index in [9.17, 15) is 14.7 Å². The third kappa shape index (κ3) is 1.81. The van der Waals surface area contributed by atoms with Crippen molar-refractivity contribution in [3.63, 3.8) is 0 Å². The number of likely N-dealkylation sites (tertiary alicyclic amines) is 1. The molecule has 1 amide bonds. The lowest BCUT2D eigenvalue weighted by molar-refractivity contribution is -0.149. The van der Waals surface area contributed by atoms with E-state index in [1.54, 1.807) is 4.90 Å². The van der Waals surface area contributed by atoms with Gasteiger partial charge in [-0.15, -0.1) is 0 Å². The van der Waals surface area contributed by atoms with E-state index in [4.69, 9.17) is 4.52 Å². The van der Waals surface area contributed by atoms with Crippen LogP contribution in [0.2, 0.25) is 0 Å². The fourth-order valence-corrected chi connectivity index (χ4v) is 4.02. The summed E-state index contributed by atoms with van der Waals surface area (Å²) in [6, 6.07) is 0. The molecule has 1 aliphatic heterocycles. The van der Waals surface area contributed by atoms with Crippen LogP contribution in [0, 0.1) is 11.3 Å². The number of aromatic nitrogens is 1. The summed E-state index contributed by atoms with van der Waals surface area (Å²) in [6.45, 7) is 0.863. The highest BCUT2D eigenvalue weighted by Crippen LogP contribution is 2.49. The Morgan fingerprint density at radius 1 is 1.38 bits per heavy atom. The van der Waals surface area contributed by atoms with E-state index in [2.05, 4.69) is 5.16 Å². The molecular weight excluding hydrogens is 272 g/mol. The monoisotopic (exact) mass is 290 g/mol. The van der Waals surface area contributed by atoms with Gasteiger partial charge in [-0.3, -0.25) is 9.59 Å². The number of carboxylic acid groups (broad SMARTS) is 1. The fourth-order valence-electron chi connectivity index (χ4n) is 4.02. The summed E-state index contributed by atoms with van der Waals surface area (Å²) >= 11 is 0. The minimum absolute atomic E-state index is 0.0863. The van der Waals surface area contributed by atoms with Gasteiger partial charge in [-0.1, -0.05) is 11.6 Å². The van der Waals surface area contributed by atoms with Crippen LogP contribution in [0.3, 0.4) is 0 Å². The van der Waals surface area contributed by atoms with Crippen LogP contribution in [0.5, 0.6) is 0 Å². The van der Waals surface area contributed by atoms with Gasteiger partial charge in [0.25, 0.3) is 5.91 Å². The molecule has 1 saturated heterocycles. The van der Waals surface area contributed by atoms with Crippen LogP contribution in [0.25, 0.3) is 0 Å². The molecule has 6 heteroatoms. The number of nitrogens with zero attached hydrogens (tertiary/aromatic N) is 2. The third-order valence-corrected chi connectivity index (χ3v) is 5.38. The Balaban J connectivity index is 1.59. The van der Waals surface area contributed by atoms with E-state index in [-0.39, 0.29) is 11.8 Å². The average molecular weight is 290 g/mol. The minimum Gasteiger partial charge on any atom is -0.481 e. The van der Waals surface area contributed by atoms with Crippen LogP contribution in [0.4, 0.5) is 0 Å². The number of carbonyl (C=O) groups is 2. The minimum atomic E-state index is -0.756. The van der Waals surface area contributed by atoms with E-state index >= 15 is 0 Å². The number of carbonyl (C=O) groups excluding carboxylic acids is 1. The van der Waals surface area contributed by atoms with Gasteiger partial charge in [-0.2, -0.15) is 0 Å². The first-order valence-corrected chi connectivity index (χ1v) is 7.59. The number of aliphatic carboxylic acids is 1. The number of rotatable bonds is 3. The molecule has 2 aliphatic carbocycles. The first kappa shape index (κ1) is 12.9. The zero-order chi connectivity index (χ0) is 14.6. The van der Waals surface area contributed by atoms with Crippen LogP contribution in [0.15, 0.2) is 10.8 Å². The van der Waals surface area contributed by atoms with Crippen molar-refractivity contribution in [3.8, 4) is 0 Å². The topological polar surface area (TPSA) is 83.6 Å². The Labute approximate surface area is 122 Å². The molecule has 112 valence electrons. The Kier molecular flexibility index (Phi) is 2.65. The predicted molar refractivity (Wildman–Crippen MR) is 71.8 cm³/mol. The van der Waals surface area contributed by atoms with Crippen molar-refractivity contribution in [2.75, 3.05) is 13.1 Å². The van der Waals surface area contributed by atoms with Crippen molar-refractivity contribution in [1.82, 2.24) is 10.1 Å². The standard InChI is InChI=1S/C15H18N2O4/c18-13(11-7-21-16-12(11)9-3-4-9)17-6-10-2-1-5-15(10,8-17)14(19)20/h7,9-10H,1-6,8H2,(H,19,20)/t10-,15+/m0/s1. The van der Waals surface area contributed by atoms with E-state index in [1.165, 1.54) is 6.26 Å². The van der Waals surface area contributed by atoms with Gasteiger partial charge in [0.1, 0.15) is 11.8 Å². The van der Waals surface area contributed by atoms with E-state index in [0.29, 0.717) is 31.0 Å². The summed E-state index contributed by atoms with van der Waals surface area (Å²) in [7, 11) is 0. The second kappa shape index (κ2) is 4.32. The van der Waals surface area contributed by atoms with E-state index < -0.39 is 11.4 Å². The summed E-state index contributed by atoms with van der Waals surface area (Å²) in [5.74, 6) is -0.442. The van der Waals surface area contributed by atoms with Crippen molar-refractivity contribution in [3.05, 3.63) is 17.5 Å². The lowest BCUT2D eigenvalue weighted by Gasteiger charge is -2.23. The summed E-state index contributed by atoms with van der Waals surface area (Å²) in [6.07, 6.45) is 6.03. The molecule has 1 N–H and O–H groups in total. The lowest BCUT2D eigenvalue weighted by atomic mass is 9.81. The maximum atomic E-state index is 12.7. The maximum Gasteiger partial charge on any atom is 0.311 e. The molecule has 0 bridgehead atoms. The van der Waals surface area contributed by atoms with Crippen LogP contribution < -0.4 is 0 Å². The van der Waals surface area contributed by atoms with E-state index in [0.717, 1.165) is 31.4 Å². The quantitative estimate of drug-likeness (QED) is 0.918. The molecule has 0 radical (unpaired) electrons. The number of fused-ring (bicyclic) bond motifs is 1. The fraction of sp³-hybridized carbons (Fsp3) is 0.667. The lowest BCUT2D eigenvalue weighted by Crippen LogP contribution is -2.37. The SMILES string of the molecule is O=C(c1conc1C1CC1)N1C[C@@H]2CCC[C@@]2(C(=O)O)C1. The van der Waals surface area contributed by atoms with Crippen molar-refractivity contribution in [2.24, 2.45) is 11.3 Å². The molecule has 3 aliphatic rings. The Hall–Kier alpha value is -1.85. The molecule has 3 fully saturated rings. The first-order valence-electron chi connectivity index (χ1n) is 7.59. The van der Waals surface area contributed by atoms with Crippen molar-refractivity contribution in [1.29, 1.82) is 0 Å². The smallest absolute Gasteiger partial charge is 0.311 e. The van der Waals surface area contributed by atoms with Crippen LogP contribution in [-0.2, 0) is 4.79 Å². The van der Waals surface area contributed by atoms with Crippen LogP contribution in [0.1, 0.15) is 54.1 Å². The number of hydrogen-bond acceptors (Lipinski definition) is 4. The zero-order valence-corrected chi connectivity index (χ0v) is 11.7. The normalized spacial score (nSPS) is 31.4. The Morgan fingerprint density at radius 3 is 2.86 bits per heavy atom. The third-order valence-electron chi connectivity index (χ3n) is 5.38. The highest BCUT2D eigenvalue weighted by molar-refractivity contribution is 5.96. The van der Waals surface area contributed by atoms with Gasteiger partial charge in [0, 0.05) is 19.0 Å². The first-order chi connectivity index (χ1) is 10.1. The van der Waals surface area contributed by atoms with Gasteiger partial charge in [0.2, 0.25) is 0 Å². The second-order valence-electron chi connectivity index (χ2n) is 6.62. The average Bonchev–Trinajstić information content (AvgIpc) is 2.89. The largest absolute Gasteiger partial charge is 0.481 e. The summed E-state index contributed by atoms with van der Waals surface area (Å²) in [5.41, 5.74) is 0.548. The second-order valence-corrected chi connectivity index (χ2v) is 6.62. The molecule has 1 aromatic rings. The highest BCUT2D eigenvalue weighted by Gasteiger charge is 2.56. The van der Waals surface area contributed by atoms with Gasteiger partial charge in [-0.05, 0) is 31.6 Å². The van der Waals surface area contributed by atoms with Gasteiger partial charge >= 0.3 is 5.97 Å². The zero-order valence-electron chi connectivity index (χ0n) is 11.7. The van der Waals surface area contributed by atoms with Crippen molar-refractivity contribution in [2.45, 2.75) is 38.0 Å². The van der Waals surface area contributed by atoms with Crippen molar-refractivity contribution < 1.29 is 19.2 Å². The van der Waals surface area contributed by atoms with Gasteiger partial charge in [0.05, 0.1) is 11.1 Å². The maximum absolute atomic E-state index is 12.7. The summed E-state index contributed by atoms with van der Waals surface area (Å²) in [5, 5.41) is 13.5. The molecule has 21 heavy (non-hydrogen) atoms. The van der Waals surface area contributed by atoms with Crippen LogP contribution in [-0.4, -0.2) is 40.1 Å². The summed E-state index contributed by atoms with van der Waals surface area (Å²) in [4.78, 5) is 26.1. The molecule has 0 aromatic carbocycles. The van der Waals surface area contributed by atoms with Gasteiger partial charge in [-0.25, -0.2) is 0 Å². The molecule has 1 aromatic heterocycles.